The van der Waals surface area contributed by atoms with Gasteiger partial charge in [0.05, 0.1) is 13.0 Å². The number of nitrogen functional groups attached to an aromatic ring is 1. The average Bonchev–Trinajstić information content (AvgIpc) is 2.85. The highest BCUT2D eigenvalue weighted by atomic mass is 16.5. The Balaban J connectivity index is 1.74. The van der Waals surface area contributed by atoms with Crippen molar-refractivity contribution in [3.05, 3.63) is 18.3 Å². The lowest BCUT2D eigenvalue weighted by atomic mass is 9.97. The number of pyridine rings is 1. The second kappa shape index (κ2) is 4.99. The molecule has 7 heteroatoms. The average molecular weight is 275 g/mol. The van der Waals surface area contributed by atoms with Gasteiger partial charge in [-0.25, -0.2) is 4.52 Å². The van der Waals surface area contributed by atoms with Crippen molar-refractivity contribution in [1.82, 2.24) is 14.6 Å². The summed E-state index contributed by atoms with van der Waals surface area (Å²) in [7, 11) is 1.44. The lowest BCUT2D eigenvalue weighted by Gasteiger charge is -2.32. The van der Waals surface area contributed by atoms with Crippen LogP contribution in [-0.4, -0.2) is 40.8 Å². The summed E-state index contributed by atoms with van der Waals surface area (Å²) in [6.45, 7) is 1.67. The van der Waals surface area contributed by atoms with Gasteiger partial charge in [0, 0.05) is 31.0 Å². The van der Waals surface area contributed by atoms with Gasteiger partial charge in [-0.05, 0) is 18.9 Å². The number of aromatic nitrogens is 3. The summed E-state index contributed by atoms with van der Waals surface area (Å²) < 4.78 is 6.45. The normalized spacial score (nSPS) is 16.6. The number of methoxy groups -OCH3 is 1. The van der Waals surface area contributed by atoms with Crippen LogP contribution in [0.2, 0.25) is 0 Å². The number of esters is 1. The van der Waals surface area contributed by atoms with Gasteiger partial charge in [0.1, 0.15) is 0 Å². The maximum absolute atomic E-state index is 11.5. The minimum Gasteiger partial charge on any atom is -0.469 e. The topological polar surface area (TPSA) is 85.8 Å². The van der Waals surface area contributed by atoms with E-state index in [0.717, 1.165) is 37.3 Å². The van der Waals surface area contributed by atoms with Crippen LogP contribution in [0.3, 0.4) is 0 Å². The highest BCUT2D eigenvalue weighted by molar-refractivity contribution is 5.72. The molecule has 0 aromatic carbocycles. The number of nitrogens with zero attached hydrogens (tertiary/aromatic N) is 4. The van der Waals surface area contributed by atoms with Crippen molar-refractivity contribution in [2.45, 2.75) is 12.8 Å². The largest absolute Gasteiger partial charge is 0.469 e. The summed E-state index contributed by atoms with van der Waals surface area (Å²) in [5.41, 5.74) is 7.39. The molecule has 0 atom stereocenters. The van der Waals surface area contributed by atoms with E-state index in [2.05, 4.69) is 15.0 Å². The van der Waals surface area contributed by atoms with E-state index in [1.54, 1.807) is 4.52 Å². The van der Waals surface area contributed by atoms with Gasteiger partial charge in [-0.1, -0.05) is 0 Å². The van der Waals surface area contributed by atoms with Crippen LogP contribution in [0.1, 0.15) is 12.8 Å². The summed E-state index contributed by atoms with van der Waals surface area (Å²) in [4.78, 5) is 17.9. The molecule has 1 saturated heterocycles. The van der Waals surface area contributed by atoms with Gasteiger partial charge in [0.15, 0.2) is 5.65 Å². The van der Waals surface area contributed by atoms with E-state index in [-0.39, 0.29) is 17.8 Å². The van der Waals surface area contributed by atoms with E-state index in [9.17, 15) is 4.79 Å². The fourth-order valence-corrected chi connectivity index (χ4v) is 2.62. The fraction of sp³-hybridized carbons (Fsp3) is 0.462. The third-order valence-electron chi connectivity index (χ3n) is 3.73. The highest BCUT2D eigenvalue weighted by Gasteiger charge is 2.25. The van der Waals surface area contributed by atoms with Crippen molar-refractivity contribution in [2.75, 3.05) is 30.8 Å². The first-order valence-electron chi connectivity index (χ1n) is 6.62. The van der Waals surface area contributed by atoms with Crippen molar-refractivity contribution in [1.29, 1.82) is 0 Å². The van der Waals surface area contributed by atoms with E-state index < -0.39 is 0 Å². The first-order chi connectivity index (χ1) is 9.67. The number of carbonyl (C=O) groups is 1. The summed E-state index contributed by atoms with van der Waals surface area (Å²) in [6, 6.07) is 3.95. The number of hydrogen-bond donors (Lipinski definition) is 1. The molecule has 0 bridgehead atoms. The number of nitrogens with two attached hydrogens (primary N) is 1. The Morgan fingerprint density at radius 1 is 1.45 bits per heavy atom. The molecule has 0 saturated carbocycles. The molecule has 7 nitrogen and oxygen atoms in total. The zero-order valence-corrected chi connectivity index (χ0v) is 11.3. The molecule has 1 aliphatic rings. The summed E-state index contributed by atoms with van der Waals surface area (Å²) in [5, 5.41) is 4.05. The Kier molecular flexibility index (Phi) is 3.17. The van der Waals surface area contributed by atoms with Gasteiger partial charge in [0.25, 0.3) is 0 Å². The summed E-state index contributed by atoms with van der Waals surface area (Å²) in [5.74, 6) is 0.181. The van der Waals surface area contributed by atoms with Crippen LogP contribution in [0.5, 0.6) is 0 Å². The molecule has 0 aliphatic carbocycles. The Labute approximate surface area is 116 Å². The zero-order valence-electron chi connectivity index (χ0n) is 11.3. The van der Waals surface area contributed by atoms with Crippen LogP contribution < -0.4 is 10.6 Å². The van der Waals surface area contributed by atoms with Crippen LogP contribution in [-0.2, 0) is 9.53 Å². The SMILES string of the molecule is COC(=O)C1CCN(c2ccn3nc(N)nc3c2)CC1. The first kappa shape index (κ1) is 12.7. The van der Waals surface area contributed by atoms with Crippen molar-refractivity contribution in [2.24, 2.45) is 5.92 Å². The van der Waals surface area contributed by atoms with E-state index in [1.807, 2.05) is 18.3 Å². The van der Waals surface area contributed by atoms with Gasteiger partial charge in [0.2, 0.25) is 5.95 Å². The van der Waals surface area contributed by atoms with Crippen molar-refractivity contribution < 1.29 is 9.53 Å². The maximum Gasteiger partial charge on any atom is 0.308 e. The molecule has 2 aromatic rings. The molecule has 1 aliphatic heterocycles. The molecule has 2 N–H and O–H groups in total. The quantitative estimate of drug-likeness (QED) is 0.812. The third-order valence-corrected chi connectivity index (χ3v) is 3.73. The summed E-state index contributed by atoms with van der Waals surface area (Å²) in [6.07, 6.45) is 3.47. The molecule has 1 fully saturated rings. The predicted octanol–water partition coefficient (Wildman–Crippen LogP) is 0.701. The Bertz CT molecular complexity index is 631. The molecule has 20 heavy (non-hydrogen) atoms. The lowest BCUT2D eigenvalue weighted by molar-refractivity contribution is -0.146. The maximum atomic E-state index is 11.5. The number of hydrogen-bond acceptors (Lipinski definition) is 6. The molecular formula is C13H17N5O2. The zero-order chi connectivity index (χ0) is 14.1. The van der Waals surface area contributed by atoms with E-state index >= 15 is 0 Å². The van der Waals surface area contributed by atoms with Crippen LogP contribution in [0.4, 0.5) is 11.6 Å². The van der Waals surface area contributed by atoms with Gasteiger partial charge in [-0.2, -0.15) is 4.98 Å². The number of carbonyl (C=O) groups excluding carboxylic acids is 1. The number of ether oxygens (including phenoxy) is 1. The van der Waals surface area contributed by atoms with Crippen LogP contribution in [0.15, 0.2) is 18.3 Å². The van der Waals surface area contributed by atoms with Crippen LogP contribution >= 0.6 is 0 Å². The summed E-state index contributed by atoms with van der Waals surface area (Å²) >= 11 is 0. The molecule has 0 spiro atoms. The Morgan fingerprint density at radius 3 is 2.90 bits per heavy atom. The Morgan fingerprint density at radius 2 is 2.20 bits per heavy atom. The number of anilines is 2. The molecule has 2 aromatic heterocycles. The molecule has 0 unspecified atom stereocenters. The Hall–Kier alpha value is -2.31. The standard InChI is InChI=1S/C13H17N5O2/c1-20-12(19)9-2-5-17(6-3-9)10-4-7-18-11(8-10)15-13(14)16-18/h4,7-9H,2-3,5-6H2,1H3,(H2,14,16). The number of rotatable bonds is 2. The molecule has 3 rings (SSSR count). The molecular weight excluding hydrogens is 258 g/mol. The lowest BCUT2D eigenvalue weighted by Crippen LogP contribution is -2.36. The fourth-order valence-electron chi connectivity index (χ4n) is 2.62. The molecule has 106 valence electrons. The van der Waals surface area contributed by atoms with Gasteiger partial charge < -0.3 is 15.4 Å². The molecule has 0 radical (unpaired) electrons. The second-order valence-corrected chi connectivity index (χ2v) is 4.94. The first-order valence-corrected chi connectivity index (χ1v) is 6.62. The van der Waals surface area contributed by atoms with E-state index in [1.165, 1.54) is 7.11 Å². The van der Waals surface area contributed by atoms with Crippen LogP contribution in [0, 0.1) is 5.92 Å². The van der Waals surface area contributed by atoms with Gasteiger partial charge >= 0.3 is 5.97 Å². The smallest absolute Gasteiger partial charge is 0.308 e. The minimum absolute atomic E-state index is 0.0173. The predicted molar refractivity (Wildman–Crippen MR) is 74.4 cm³/mol. The molecule has 0 amide bonds. The minimum atomic E-state index is -0.106. The van der Waals surface area contributed by atoms with E-state index in [4.69, 9.17) is 10.5 Å². The van der Waals surface area contributed by atoms with Gasteiger partial charge in [-0.15, -0.1) is 5.10 Å². The highest BCUT2D eigenvalue weighted by Crippen LogP contribution is 2.24. The third kappa shape index (κ3) is 2.26. The van der Waals surface area contributed by atoms with Crippen molar-refractivity contribution in [3.63, 3.8) is 0 Å². The number of piperidine rings is 1. The molecule has 3 heterocycles. The van der Waals surface area contributed by atoms with E-state index in [0.29, 0.717) is 0 Å². The van der Waals surface area contributed by atoms with Crippen molar-refractivity contribution in [3.8, 4) is 0 Å². The van der Waals surface area contributed by atoms with Gasteiger partial charge in [-0.3, -0.25) is 4.79 Å². The van der Waals surface area contributed by atoms with Crippen LogP contribution in [0.25, 0.3) is 5.65 Å². The number of fused-ring (bicyclic) bond motifs is 1. The monoisotopic (exact) mass is 275 g/mol. The van der Waals surface area contributed by atoms with Crippen molar-refractivity contribution >= 4 is 23.3 Å². The second-order valence-electron chi connectivity index (χ2n) is 4.94.